The summed E-state index contributed by atoms with van der Waals surface area (Å²) in [6.45, 7) is 0.727. The number of thioether (sulfide) groups is 1. The average Bonchev–Trinajstić information content (AvgIpc) is 3.44. The summed E-state index contributed by atoms with van der Waals surface area (Å²) in [6.07, 6.45) is 0.187. The molecule has 4 aromatic rings. The molecule has 0 N–H and O–H groups in total. The molecule has 1 aliphatic rings. The third-order valence-electron chi connectivity index (χ3n) is 4.55. The first-order chi connectivity index (χ1) is 13.1. The van der Waals surface area contributed by atoms with Crippen LogP contribution in [-0.4, -0.2) is 35.8 Å². The fourth-order valence-electron chi connectivity index (χ4n) is 3.07. The second-order valence-corrected chi connectivity index (χ2v) is 9.20. The van der Waals surface area contributed by atoms with Crippen LogP contribution in [-0.2, 0) is 14.8 Å². The number of benzene rings is 3. The largest absolute Gasteiger partial charge is 0.372 e. The van der Waals surface area contributed by atoms with E-state index in [9.17, 15) is 8.42 Å². The summed E-state index contributed by atoms with van der Waals surface area (Å²) in [5, 5.41) is 2.37. The molecule has 7 heteroatoms. The number of hydrogen-bond acceptors (Lipinski definition) is 5. The Balaban J connectivity index is 1.68. The maximum Gasteiger partial charge on any atom is 0.270 e. The van der Waals surface area contributed by atoms with Gasteiger partial charge in [0, 0.05) is 5.75 Å². The van der Waals surface area contributed by atoms with Gasteiger partial charge < -0.3 is 4.74 Å². The van der Waals surface area contributed by atoms with Crippen molar-refractivity contribution in [3.63, 3.8) is 0 Å². The minimum atomic E-state index is -3.78. The first-order valence-electron chi connectivity index (χ1n) is 8.59. The van der Waals surface area contributed by atoms with Crippen molar-refractivity contribution < 1.29 is 13.2 Å². The number of epoxide rings is 1. The molecule has 0 aliphatic carbocycles. The SMILES string of the molecule is O=S(=O)(c1ccc2ccccc2c1)n1c(SCC2CO2)nc2ccccc21. The zero-order valence-electron chi connectivity index (χ0n) is 14.3. The van der Waals surface area contributed by atoms with E-state index in [1.165, 1.54) is 15.7 Å². The van der Waals surface area contributed by atoms with Crippen LogP contribution in [0.15, 0.2) is 76.8 Å². The third kappa shape index (κ3) is 3.01. The molecule has 136 valence electrons. The van der Waals surface area contributed by atoms with Gasteiger partial charge in [-0.15, -0.1) is 0 Å². The molecule has 1 aliphatic heterocycles. The number of rotatable bonds is 5. The number of fused-ring (bicyclic) bond motifs is 2. The lowest BCUT2D eigenvalue weighted by Crippen LogP contribution is -2.14. The van der Waals surface area contributed by atoms with E-state index in [0.29, 0.717) is 21.9 Å². The van der Waals surface area contributed by atoms with Gasteiger partial charge in [-0.3, -0.25) is 0 Å². The van der Waals surface area contributed by atoms with Crippen LogP contribution in [0.2, 0.25) is 0 Å². The summed E-state index contributed by atoms with van der Waals surface area (Å²) in [7, 11) is -3.78. The highest BCUT2D eigenvalue weighted by Gasteiger charge is 2.28. The second kappa shape index (κ2) is 6.37. The molecule has 1 aromatic heterocycles. The predicted molar refractivity (Wildman–Crippen MR) is 107 cm³/mol. The van der Waals surface area contributed by atoms with Gasteiger partial charge in [0.05, 0.1) is 28.6 Å². The number of nitrogens with zero attached hydrogens (tertiary/aromatic N) is 2. The second-order valence-electron chi connectivity index (χ2n) is 6.43. The first kappa shape index (κ1) is 16.8. The maximum atomic E-state index is 13.5. The smallest absolute Gasteiger partial charge is 0.270 e. The van der Waals surface area contributed by atoms with Crippen molar-refractivity contribution in [2.24, 2.45) is 0 Å². The standard InChI is InChI=1S/C20H16N2O3S2/c23-27(24,17-10-9-14-5-1-2-6-15(14)11-17)22-19-8-4-3-7-18(19)21-20(22)26-13-16-12-25-16/h1-11,16H,12-13H2. The third-order valence-corrected chi connectivity index (χ3v) is 7.44. The molecule has 0 spiro atoms. The molecule has 0 amide bonds. The molecule has 5 rings (SSSR count). The lowest BCUT2D eigenvalue weighted by molar-refractivity contribution is 0.426. The van der Waals surface area contributed by atoms with E-state index >= 15 is 0 Å². The Bertz CT molecular complexity index is 1260. The molecule has 1 saturated heterocycles. The minimum Gasteiger partial charge on any atom is -0.372 e. The minimum absolute atomic E-state index is 0.187. The summed E-state index contributed by atoms with van der Waals surface area (Å²) < 4.78 is 33.6. The first-order valence-corrected chi connectivity index (χ1v) is 11.0. The van der Waals surface area contributed by atoms with E-state index in [4.69, 9.17) is 4.74 Å². The maximum absolute atomic E-state index is 13.5. The lowest BCUT2D eigenvalue weighted by atomic mass is 10.1. The van der Waals surface area contributed by atoms with Crippen LogP contribution in [0.3, 0.4) is 0 Å². The molecule has 1 unspecified atom stereocenters. The van der Waals surface area contributed by atoms with Crippen LogP contribution < -0.4 is 0 Å². The Morgan fingerprint density at radius 2 is 1.78 bits per heavy atom. The highest BCUT2D eigenvalue weighted by molar-refractivity contribution is 8.00. The number of aromatic nitrogens is 2. The molecule has 1 atom stereocenters. The van der Waals surface area contributed by atoms with Gasteiger partial charge in [-0.1, -0.05) is 54.2 Å². The van der Waals surface area contributed by atoms with Crippen LogP contribution >= 0.6 is 11.8 Å². The fourth-order valence-corrected chi connectivity index (χ4v) is 5.82. The summed E-state index contributed by atoms with van der Waals surface area (Å²) in [5.74, 6) is 0.691. The number of para-hydroxylation sites is 2. The topological polar surface area (TPSA) is 64.5 Å². The quantitative estimate of drug-likeness (QED) is 0.378. The van der Waals surface area contributed by atoms with E-state index in [-0.39, 0.29) is 11.0 Å². The Labute approximate surface area is 161 Å². The Morgan fingerprint density at radius 3 is 2.59 bits per heavy atom. The Morgan fingerprint density at radius 1 is 1.04 bits per heavy atom. The van der Waals surface area contributed by atoms with Crippen molar-refractivity contribution in [3.05, 3.63) is 66.7 Å². The van der Waals surface area contributed by atoms with E-state index in [1.54, 1.807) is 18.2 Å². The monoisotopic (exact) mass is 396 g/mol. The van der Waals surface area contributed by atoms with Crippen molar-refractivity contribution in [1.82, 2.24) is 8.96 Å². The van der Waals surface area contributed by atoms with Gasteiger partial charge in [0.1, 0.15) is 0 Å². The molecule has 0 radical (unpaired) electrons. The average molecular weight is 396 g/mol. The molecule has 3 aromatic carbocycles. The van der Waals surface area contributed by atoms with E-state index in [2.05, 4.69) is 4.98 Å². The Kier molecular flexibility index (Phi) is 3.96. The number of hydrogen-bond donors (Lipinski definition) is 0. The predicted octanol–water partition coefficient (Wildman–Crippen LogP) is 3.92. The van der Waals surface area contributed by atoms with Crippen LogP contribution in [0.1, 0.15) is 0 Å². The van der Waals surface area contributed by atoms with Crippen molar-refractivity contribution >= 4 is 43.6 Å². The van der Waals surface area contributed by atoms with Crippen molar-refractivity contribution in [2.75, 3.05) is 12.4 Å². The van der Waals surface area contributed by atoms with Gasteiger partial charge in [0.2, 0.25) is 0 Å². The fraction of sp³-hybridized carbons (Fsp3) is 0.150. The molecular formula is C20H16N2O3S2. The zero-order valence-corrected chi connectivity index (χ0v) is 15.9. The van der Waals surface area contributed by atoms with Crippen LogP contribution in [0.5, 0.6) is 0 Å². The molecule has 5 nitrogen and oxygen atoms in total. The van der Waals surface area contributed by atoms with Gasteiger partial charge in [-0.2, -0.15) is 0 Å². The van der Waals surface area contributed by atoms with Gasteiger partial charge in [0.15, 0.2) is 5.16 Å². The lowest BCUT2D eigenvalue weighted by Gasteiger charge is -2.11. The van der Waals surface area contributed by atoms with Crippen LogP contribution in [0.25, 0.3) is 21.8 Å². The van der Waals surface area contributed by atoms with Gasteiger partial charge in [0.25, 0.3) is 10.0 Å². The van der Waals surface area contributed by atoms with Crippen molar-refractivity contribution in [2.45, 2.75) is 16.2 Å². The van der Waals surface area contributed by atoms with Gasteiger partial charge in [-0.05, 0) is 35.0 Å². The Hall–Kier alpha value is -2.35. The molecule has 2 heterocycles. The van der Waals surface area contributed by atoms with E-state index < -0.39 is 10.0 Å². The van der Waals surface area contributed by atoms with E-state index in [1.807, 2.05) is 48.5 Å². The zero-order chi connectivity index (χ0) is 18.4. The molecular weight excluding hydrogens is 380 g/mol. The number of ether oxygens (including phenoxy) is 1. The summed E-state index contributed by atoms with van der Waals surface area (Å²) >= 11 is 1.42. The van der Waals surface area contributed by atoms with Crippen molar-refractivity contribution in [1.29, 1.82) is 0 Å². The summed E-state index contributed by atoms with van der Waals surface area (Å²) in [4.78, 5) is 4.82. The van der Waals surface area contributed by atoms with E-state index in [0.717, 1.165) is 17.4 Å². The molecule has 0 saturated carbocycles. The van der Waals surface area contributed by atoms with Gasteiger partial charge in [-0.25, -0.2) is 17.4 Å². The summed E-state index contributed by atoms with van der Waals surface area (Å²) in [6, 6.07) is 20.3. The molecule has 1 fully saturated rings. The van der Waals surface area contributed by atoms with Crippen LogP contribution in [0.4, 0.5) is 0 Å². The number of imidazole rings is 1. The van der Waals surface area contributed by atoms with Crippen LogP contribution in [0, 0.1) is 0 Å². The van der Waals surface area contributed by atoms with Gasteiger partial charge >= 0.3 is 0 Å². The summed E-state index contributed by atoms with van der Waals surface area (Å²) in [5.41, 5.74) is 1.26. The highest BCUT2D eigenvalue weighted by atomic mass is 32.2. The normalized spacial score (nSPS) is 16.8. The highest BCUT2D eigenvalue weighted by Crippen LogP contribution is 2.31. The molecule has 27 heavy (non-hydrogen) atoms. The molecule has 0 bridgehead atoms. The van der Waals surface area contributed by atoms with Crippen molar-refractivity contribution in [3.8, 4) is 0 Å².